The lowest BCUT2D eigenvalue weighted by atomic mass is 9.94. The first-order valence-electron chi connectivity index (χ1n) is 11.5. The molecule has 5 heterocycles. The van der Waals surface area contributed by atoms with Crippen molar-refractivity contribution in [2.75, 3.05) is 19.8 Å². The van der Waals surface area contributed by atoms with Crippen LogP contribution in [0.15, 0.2) is 18.3 Å². The van der Waals surface area contributed by atoms with Crippen LogP contribution in [-0.2, 0) is 22.1 Å². The molecule has 3 aromatic heterocycles. The van der Waals surface area contributed by atoms with Gasteiger partial charge in [-0.05, 0) is 52.2 Å². The minimum absolute atomic E-state index is 0.0366. The van der Waals surface area contributed by atoms with Gasteiger partial charge < -0.3 is 19.9 Å². The maximum Gasteiger partial charge on any atom is 0.150 e. The summed E-state index contributed by atoms with van der Waals surface area (Å²) in [4.78, 5) is 5.00. The van der Waals surface area contributed by atoms with Gasteiger partial charge in [0, 0.05) is 38.0 Å². The second kappa shape index (κ2) is 8.22. The molecular formula is C23H32N6O3. The number of morpholine rings is 1. The number of aromatic nitrogens is 5. The molecule has 0 spiro atoms. The molecule has 2 N–H and O–H groups in total. The van der Waals surface area contributed by atoms with Crippen molar-refractivity contribution in [3.05, 3.63) is 29.6 Å². The average Bonchev–Trinajstić information content (AvgIpc) is 3.38. The first-order valence-corrected chi connectivity index (χ1v) is 11.5. The quantitative estimate of drug-likeness (QED) is 0.644. The zero-order chi connectivity index (χ0) is 22.5. The standard InChI is InChI=1S/C23H32N6O3/c1-14-22(32-12-9-24-14)17-13-15(23(2,3)30)21-20(25-17)19(27-28(21)4)16-8-10-29(26-16)18-7-5-6-11-31-18/h8,10,13-14,18,22,24,30H,5-7,9,11-12H2,1-4H3/t14?,18?,22-/m1/s1. The van der Waals surface area contributed by atoms with E-state index < -0.39 is 5.60 Å². The van der Waals surface area contributed by atoms with Crippen LogP contribution >= 0.6 is 0 Å². The van der Waals surface area contributed by atoms with Crippen LogP contribution in [-0.4, -0.2) is 55.5 Å². The number of nitrogens with one attached hydrogen (secondary N) is 1. The van der Waals surface area contributed by atoms with Crippen molar-refractivity contribution in [2.24, 2.45) is 7.05 Å². The third kappa shape index (κ3) is 3.83. The van der Waals surface area contributed by atoms with Crippen LogP contribution in [0.4, 0.5) is 0 Å². The third-order valence-electron chi connectivity index (χ3n) is 6.38. The highest BCUT2D eigenvalue weighted by Crippen LogP contribution is 2.36. The van der Waals surface area contributed by atoms with E-state index >= 15 is 0 Å². The topological polar surface area (TPSA) is 99.2 Å². The Bertz CT molecular complexity index is 1110. The first-order chi connectivity index (χ1) is 15.3. The average molecular weight is 441 g/mol. The number of hydrogen-bond donors (Lipinski definition) is 2. The van der Waals surface area contributed by atoms with E-state index in [0.29, 0.717) is 12.3 Å². The molecule has 5 rings (SSSR count). The molecular weight excluding hydrogens is 408 g/mol. The second-order valence-electron chi connectivity index (χ2n) is 9.36. The maximum absolute atomic E-state index is 11.0. The van der Waals surface area contributed by atoms with Gasteiger partial charge >= 0.3 is 0 Å². The number of fused-ring (bicyclic) bond motifs is 1. The van der Waals surface area contributed by atoms with Crippen LogP contribution in [0, 0.1) is 0 Å². The Labute approximate surface area is 187 Å². The number of rotatable bonds is 4. The number of aliphatic hydroxyl groups is 1. The molecule has 0 amide bonds. The molecule has 9 heteroatoms. The Morgan fingerprint density at radius 1 is 1.19 bits per heavy atom. The van der Waals surface area contributed by atoms with Gasteiger partial charge in [-0.25, -0.2) is 9.67 Å². The van der Waals surface area contributed by atoms with Gasteiger partial charge in [-0.3, -0.25) is 4.68 Å². The molecule has 3 aromatic rings. The molecule has 9 nitrogen and oxygen atoms in total. The summed E-state index contributed by atoms with van der Waals surface area (Å²) in [5.41, 5.74) is 3.46. The van der Waals surface area contributed by atoms with Gasteiger partial charge in [0.15, 0.2) is 0 Å². The Hall–Kier alpha value is -2.33. The van der Waals surface area contributed by atoms with E-state index in [4.69, 9.17) is 24.7 Å². The van der Waals surface area contributed by atoms with Crippen molar-refractivity contribution in [3.8, 4) is 11.4 Å². The van der Waals surface area contributed by atoms with Crippen molar-refractivity contribution < 1.29 is 14.6 Å². The van der Waals surface area contributed by atoms with Crippen molar-refractivity contribution in [1.82, 2.24) is 29.9 Å². The lowest BCUT2D eigenvalue weighted by Gasteiger charge is -2.31. The number of pyridine rings is 1. The van der Waals surface area contributed by atoms with Gasteiger partial charge in [-0.2, -0.15) is 10.2 Å². The maximum atomic E-state index is 11.0. The number of aryl methyl sites for hydroxylation is 1. The highest BCUT2D eigenvalue weighted by molar-refractivity contribution is 5.91. The molecule has 3 atom stereocenters. The molecule has 2 fully saturated rings. The molecule has 172 valence electrons. The molecule has 2 aliphatic heterocycles. The van der Waals surface area contributed by atoms with E-state index in [-0.39, 0.29) is 18.4 Å². The van der Waals surface area contributed by atoms with Gasteiger partial charge in [0.05, 0.1) is 23.4 Å². The van der Waals surface area contributed by atoms with Crippen LogP contribution in [0.3, 0.4) is 0 Å². The SMILES string of the molecule is CC1NCCO[C@H]1c1cc(C(C)(C)O)c2c(n1)c(-c1ccn(C3CCCCO3)n1)nn2C. The minimum Gasteiger partial charge on any atom is -0.386 e. The summed E-state index contributed by atoms with van der Waals surface area (Å²) in [5, 5.41) is 24.0. The summed E-state index contributed by atoms with van der Waals surface area (Å²) in [6.45, 7) is 7.87. The van der Waals surface area contributed by atoms with Crippen molar-refractivity contribution >= 4 is 11.0 Å². The predicted octanol–water partition coefficient (Wildman–Crippen LogP) is 2.81. The predicted molar refractivity (Wildman–Crippen MR) is 120 cm³/mol. The van der Waals surface area contributed by atoms with Crippen molar-refractivity contribution in [1.29, 1.82) is 0 Å². The van der Waals surface area contributed by atoms with E-state index in [1.54, 1.807) is 18.5 Å². The van der Waals surface area contributed by atoms with Crippen molar-refractivity contribution in [3.63, 3.8) is 0 Å². The fourth-order valence-electron chi connectivity index (χ4n) is 4.71. The zero-order valence-electron chi connectivity index (χ0n) is 19.2. The lowest BCUT2D eigenvalue weighted by molar-refractivity contribution is -0.0393. The molecule has 2 aliphatic rings. The van der Waals surface area contributed by atoms with Crippen LogP contribution in [0.25, 0.3) is 22.4 Å². The van der Waals surface area contributed by atoms with Crippen LogP contribution in [0.5, 0.6) is 0 Å². The normalized spacial score (nSPS) is 24.8. The summed E-state index contributed by atoms with van der Waals surface area (Å²) in [6.07, 6.45) is 4.90. The van der Waals surface area contributed by atoms with Gasteiger partial charge in [0.25, 0.3) is 0 Å². The first kappa shape index (κ1) is 21.5. The van der Waals surface area contributed by atoms with Gasteiger partial charge in [0.2, 0.25) is 0 Å². The number of nitrogens with zero attached hydrogens (tertiary/aromatic N) is 5. The Morgan fingerprint density at radius 3 is 2.75 bits per heavy atom. The fourth-order valence-corrected chi connectivity index (χ4v) is 4.71. The zero-order valence-corrected chi connectivity index (χ0v) is 19.2. The minimum atomic E-state index is -1.07. The smallest absolute Gasteiger partial charge is 0.150 e. The van der Waals surface area contributed by atoms with Crippen LogP contribution in [0.1, 0.15) is 63.6 Å². The van der Waals surface area contributed by atoms with E-state index in [9.17, 15) is 5.11 Å². The van der Waals surface area contributed by atoms with Gasteiger partial charge in [-0.1, -0.05) is 0 Å². The highest BCUT2D eigenvalue weighted by Gasteiger charge is 2.31. The monoisotopic (exact) mass is 440 g/mol. The molecule has 0 bridgehead atoms. The van der Waals surface area contributed by atoms with Crippen molar-refractivity contribution in [2.45, 2.75) is 64.0 Å². The highest BCUT2D eigenvalue weighted by atomic mass is 16.5. The third-order valence-corrected chi connectivity index (χ3v) is 6.38. The van der Waals surface area contributed by atoms with E-state index in [0.717, 1.165) is 60.4 Å². The fraction of sp³-hybridized carbons (Fsp3) is 0.609. The number of ether oxygens (including phenoxy) is 2. The van der Waals surface area contributed by atoms with Gasteiger partial charge in [0.1, 0.15) is 29.2 Å². The van der Waals surface area contributed by atoms with Crippen LogP contribution in [0.2, 0.25) is 0 Å². The van der Waals surface area contributed by atoms with Crippen LogP contribution < -0.4 is 5.32 Å². The molecule has 32 heavy (non-hydrogen) atoms. The summed E-state index contributed by atoms with van der Waals surface area (Å²) < 4.78 is 15.6. The second-order valence-corrected chi connectivity index (χ2v) is 9.36. The van der Waals surface area contributed by atoms with E-state index in [2.05, 4.69) is 12.2 Å². The van der Waals surface area contributed by atoms with E-state index in [1.165, 1.54) is 0 Å². The molecule has 0 aromatic carbocycles. The Balaban J connectivity index is 1.64. The summed E-state index contributed by atoms with van der Waals surface area (Å²) in [7, 11) is 1.88. The lowest BCUT2D eigenvalue weighted by Crippen LogP contribution is -2.41. The molecule has 2 saturated heterocycles. The summed E-state index contributed by atoms with van der Waals surface area (Å²) in [5.74, 6) is 0. The number of hydrogen-bond acceptors (Lipinski definition) is 7. The Morgan fingerprint density at radius 2 is 2.03 bits per heavy atom. The Kier molecular flexibility index (Phi) is 5.53. The summed E-state index contributed by atoms with van der Waals surface area (Å²) >= 11 is 0. The van der Waals surface area contributed by atoms with E-state index in [1.807, 2.05) is 30.1 Å². The molecule has 2 unspecified atom stereocenters. The molecule has 0 saturated carbocycles. The molecule has 0 aliphatic carbocycles. The van der Waals surface area contributed by atoms with Gasteiger partial charge in [-0.15, -0.1) is 0 Å². The summed E-state index contributed by atoms with van der Waals surface area (Å²) in [6, 6.07) is 4.03. The molecule has 0 radical (unpaired) electrons. The largest absolute Gasteiger partial charge is 0.386 e.